The van der Waals surface area contributed by atoms with Crippen LogP contribution in [0.5, 0.6) is 11.5 Å². The first-order valence-corrected chi connectivity index (χ1v) is 14.8. The van der Waals surface area contributed by atoms with Crippen molar-refractivity contribution in [2.45, 2.75) is 18.4 Å². The van der Waals surface area contributed by atoms with Crippen molar-refractivity contribution in [3.05, 3.63) is 89.4 Å². The monoisotopic (exact) mass is 747 g/mol. The summed E-state index contributed by atoms with van der Waals surface area (Å²) in [6.07, 6.45) is 1.59. The van der Waals surface area contributed by atoms with Crippen LogP contribution in [-0.4, -0.2) is 31.6 Å². The van der Waals surface area contributed by atoms with E-state index < -0.39 is 10.1 Å². The molecule has 2 amide bonds. The van der Waals surface area contributed by atoms with Crippen molar-refractivity contribution in [1.29, 1.82) is 0 Å². The maximum absolute atomic E-state index is 12.9. The number of benzene rings is 3. The van der Waals surface area contributed by atoms with Crippen LogP contribution in [-0.2, 0) is 21.5 Å². The summed E-state index contributed by atoms with van der Waals surface area (Å²) in [5, 5.41) is -0.351. The Hall–Kier alpha value is -2.10. The number of hydrogen-bond acceptors (Lipinski definition) is 7. The van der Waals surface area contributed by atoms with Crippen LogP contribution in [0.4, 0.5) is 4.79 Å². The van der Waals surface area contributed by atoms with Crippen molar-refractivity contribution in [3.63, 3.8) is 0 Å². The fourth-order valence-electron chi connectivity index (χ4n) is 3.33. The number of carbonyl (C=O) groups is 2. The first-order chi connectivity index (χ1) is 17.1. The second-order valence-corrected chi connectivity index (χ2v) is 12.7. The van der Waals surface area contributed by atoms with Crippen LogP contribution in [0.15, 0.2) is 70.5 Å². The van der Waals surface area contributed by atoms with Gasteiger partial charge in [-0.05, 0) is 117 Å². The lowest BCUT2D eigenvalue weighted by Gasteiger charge is -2.14. The largest absolute Gasteiger partial charge is 0.493 e. The van der Waals surface area contributed by atoms with E-state index in [0.717, 1.165) is 26.5 Å². The molecule has 0 atom stereocenters. The van der Waals surface area contributed by atoms with Crippen molar-refractivity contribution >= 4 is 84.3 Å². The summed E-state index contributed by atoms with van der Waals surface area (Å²) in [6.45, 7) is 2.04. The lowest BCUT2D eigenvalue weighted by atomic mass is 10.1. The molecule has 0 bridgehead atoms. The maximum atomic E-state index is 12.9. The molecule has 3 aromatic carbocycles. The summed E-state index contributed by atoms with van der Waals surface area (Å²) < 4.78 is 37.9. The molecule has 186 valence electrons. The van der Waals surface area contributed by atoms with Gasteiger partial charge in [-0.25, -0.2) is 0 Å². The summed E-state index contributed by atoms with van der Waals surface area (Å²) in [4.78, 5) is 27.0. The van der Waals surface area contributed by atoms with Crippen LogP contribution in [0, 0.1) is 14.1 Å². The minimum atomic E-state index is -4.09. The van der Waals surface area contributed by atoms with Crippen LogP contribution in [0.3, 0.4) is 0 Å². The number of aryl methyl sites for hydroxylation is 1. The third kappa shape index (κ3) is 6.06. The van der Waals surface area contributed by atoms with Gasteiger partial charge in [-0.3, -0.25) is 14.5 Å². The van der Waals surface area contributed by atoms with Gasteiger partial charge in [0, 0.05) is 3.57 Å². The van der Waals surface area contributed by atoms with Crippen LogP contribution < -0.4 is 8.92 Å². The molecular formula is C25H19I2NO6S2. The van der Waals surface area contributed by atoms with Crippen molar-refractivity contribution in [3.8, 4) is 11.5 Å². The van der Waals surface area contributed by atoms with Crippen molar-refractivity contribution < 1.29 is 26.9 Å². The van der Waals surface area contributed by atoms with Gasteiger partial charge in [-0.15, -0.1) is 0 Å². The molecule has 0 aromatic heterocycles. The van der Waals surface area contributed by atoms with Crippen molar-refractivity contribution in [1.82, 2.24) is 4.90 Å². The Morgan fingerprint density at radius 3 is 2.31 bits per heavy atom. The van der Waals surface area contributed by atoms with Gasteiger partial charge in [0.15, 0.2) is 11.5 Å². The summed E-state index contributed by atoms with van der Waals surface area (Å²) >= 11 is 5.00. The zero-order chi connectivity index (χ0) is 26.0. The van der Waals surface area contributed by atoms with E-state index in [1.807, 2.05) is 53.8 Å². The van der Waals surface area contributed by atoms with E-state index in [9.17, 15) is 18.0 Å². The molecule has 11 heteroatoms. The predicted octanol–water partition coefficient (Wildman–Crippen LogP) is 6.22. The van der Waals surface area contributed by atoms with Crippen LogP contribution in [0.1, 0.15) is 16.7 Å². The number of thioether (sulfide) groups is 1. The fourth-order valence-corrected chi connectivity index (χ4v) is 6.37. The second-order valence-electron chi connectivity index (χ2n) is 7.78. The van der Waals surface area contributed by atoms with Gasteiger partial charge >= 0.3 is 10.1 Å². The van der Waals surface area contributed by atoms with E-state index in [1.54, 1.807) is 30.3 Å². The molecule has 0 radical (unpaired) electrons. The number of ether oxygens (including phenoxy) is 1. The van der Waals surface area contributed by atoms with Gasteiger partial charge in [0.2, 0.25) is 0 Å². The average molecular weight is 747 g/mol. The number of amides is 2. The number of hydrogen-bond donors (Lipinski definition) is 0. The average Bonchev–Trinajstić information content (AvgIpc) is 3.09. The maximum Gasteiger partial charge on any atom is 0.339 e. The Bertz CT molecular complexity index is 1470. The van der Waals surface area contributed by atoms with Gasteiger partial charge in [0.1, 0.15) is 4.90 Å². The molecule has 1 aliphatic heterocycles. The van der Waals surface area contributed by atoms with E-state index in [-0.39, 0.29) is 39.0 Å². The summed E-state index contributed by atoms with van der Waals surface area (Å²) in [5.74, 6) is -0.163. The minimum Gasteiger partial charge on any atom is -0.493 e. The van der Waals surface area contributed by atoms with E-state index in [1.165, 1.54) is 24.1 Å². The molecule has 0 N–H and O–H groups in total. The lowest BCUT2D eigenvalue weighted by Crippen LogP contribution is -2.27. The molecule has 1 heterocycles. The lowest BCUT2D eigenvalue weighted by molar-refractivity contribution is -0.123. The summed E-state index contributed by atoms with van der Waals surface area (Å²) in [7, 11) is -2.69. The number of carbonyl (C=O) groups excluding carboxylic acids is 2. The molecule has 1 fully saturated rings. The van der Waals surface area contributed by atoms with E-state index >= 15 is 0 Å². The highest BCUT2D eigenvalue weighted by molar-refractivity contribution is 14.1. The smallest absolute Gasteiger partial charge is 0.339 e. The zero-order valence-electron chi connectivity index (χ0n) is 19.0. The topological polar surface area (TPSA) is 90.0 Å². The number of halogens is 2. The molecule has 1 aliphatic rings. The summed E-state index contributed by atoms with van der Waals surface area (Å²) in [6, 6.07) is 17.2. The zero-order valence-corrected chi connectivity index (χ0v) is 25.0. The fraction of sp³-hybridized carbons (Fsp3) is 0.120. The molecule has 1 saturated heterocycles. The molecule has 3 aromatic rings. The third-order valence-electron chi connectivity index (χ3n) is 5.18. The number of methoxy groups -OCH3 is 1. The standard InChI is InChI=1S/C25H19I2NO6S2/c1-15-3-9-19(10-4-15)36(31,32)34-23-20(27)11-17(12-21(23)33-2)13-22-24(29)28(25(30)35-22)14-16-5-7-18(26)8-6-16/h3-13H,14H2,1-2H3/b22-13-. The van der Waals surface area contributed by atoms with E-state index in [2.05, 4.69) is 22.6 Å². The summed E-state index contributed by atoms with van der Waals surface area (Å²) in [5.41, 5.74) is 2.34. The first-order valence-electron chi connectivity index (χ1n) is 10.5. The molecule has 4 rings (SSSR count). The SMILES string of the molecule is COc1cc(/C=C2\SC(=O)N(Cc3ccc(I)cc3)C2=O)cc(I)c1OS(=O)(=O)c1ccc(C)cc1. The van der Waals surface area contributed by atoms with Gasteiger partial charge < -0.3 is 8.92 Å². The third-order valence-corrected chi connectivity index (χ3v) is 8.84. The van der Waals surface area contributed by atoms with Gasteiger partial charge in [-0.1, -0.05) is 29.8 Å². The minimum absolute atomic E-state index is 0.0248. The number of imide groups is 1. The molecule has 36 heavy (non-hydrogen) atoms. The van der Waals surface area contributed by atoms with E-state index in [0.29, 0.717) is 9.13 Å². The normalized spacial score (nSPS) is 15.0. The highest BCUT2D eigenvalue weighted by Crippen LogP contribution is 2.39. The quantitative estimate of drug-likeness (QED) is 0.161. The Balaban J connectivity index is 1.59. The second kappa shape index (κ2) is 11.1. The molecule has 0 aliphatic carbocycles. The Labute approximate surface area is 240 Å². The molecule has 0 saturated carbocycles. The first kappa shape index (κ1) is 26.9. The molecule has 0 spiro atoms. The van der Waals surface area contributed by atoms with Gasteiger partial charge in [0.25, 0.3) is 11.1 Å². The Kier molecular flexibility index (Phi) is 8.32. The van der Waals surface area contributed by atoms with Crippen LogP contribution >= 0.6 is 56.9 Å². The Morgan fingerprint density at radius 2 is 1.67 bits per heavy atom. The van der Waals surface area contributed by atoms with Gasteiger partial charge in [-0.2, -0.15) is 8.42 Å². The van der Waals surface area contributed by atoms with Gasteiger partial charge in [0.05, 0.1) is 22.1 Å². The Morgan fingerprint density at radius 1 is 1.00 bits per heavy atom. The molecule has 0 unspecified atom stereocenters. The number of rotatable bonds is 7. The molecular weight excluding hydrogens is 728 g/mol. The molecule has 7 nitrogen and oxygen atoms in total. The highest BCUT2D eigenvalue weighted by atomic mass is 127. The highest BCUT2D eigenvalue weighted by Gasteiger charge is 2.35. The number of nitrogens with zero attached hydrogens (tertiary/aromatic N) is 1. The van der Waals surface area contributed by atoms with Crippen LogP contribution in [0.2, 0.25) is 0 Å². The van der Waals surface area contributed by atoms with Crippen molar-refractivity contribution in [2.24, 2.45) is 0 Å². The van der Waals surface area contributed by atoms with Crippen molar-refractivity contribution in [2.75, 3.05) is 7.11 Å². The van der Waals surface area contributed by atoms with E-state index in [4.69, 9.17) is 8.92 Å². The van der Waals surface area contributed by atoms with Crippen LogP contribution in [0.25, 0.3) is 6.08 Å². The predicted molar refractivity (Wildman–Crippen MR) is 155 cm³/mol.